The summed E-state index contributed by atoms with van der Waals surface area (Å²) in [6.45, 7) is 4.14. The van der Waals surface area contributed by atoms with Gasteiger partial charge in [-0.15, -0.1) is 0 Å². The summed E-state index contributed by atoms with van der Waals surface area (Å²) in [5, 5.41) is 11.6. The molecule has 0 radical (unpaired) electrons. The van der Waals surface area contributed by atoms with E-state index in [1.807, 2.05) is 37.3 Å². The van der Waals surface area contributed by atoms with Gasteiger partial charge in [-0.1, -0.05) is 24.3 Å². The van der Waals surface area contributed by atoms with Gasteiger partial charge in [0.15, 0.2) is 0 Å². The predicted octanol–water partition coefficient (Wildman–Crippen LogP) is 4.25. The monoisotopic (exact) mass is 411 g/mol. The molecule has 2 aromatic rings. The number of hydrogen-bond acceptors (Lipinski definition) is 5. The number of hydrogen-bond donors (Lipinski definition) is 1. The fraction of sp³-hybridized carbons (Fsp3) is 0.520. The highest BCUT2D eigenvalue weighted by Gasteiger charge is 2.49. The lowest BCUT2D eigenvalue weighted by molar-refractivity contribution is -0.0606. The Kier molecular flexibility index (Phi) is 6.32. The van der Waals surface area contributed by atoms with Crippen LogP contribution in [-0.4, -0.2) is 42.9 Å². The van der Waals surface area contributed by atoms with Crippen molar-refractivity contribution >= 4 is 0 Å². The average Bonchev–Trinajstić information content (AvgIpc) is 3.01. The SMILES string of the molecule is CCOCc1cc(CN2[C@H]3CC[C@H]2CC(O)(c2ccccc2OC)C3)ccc1OC. The first-order chi connectivity index (χ1) is 14.6. The highest BCUT2D eigenvalue weighted by molar-refractivity contribution is 5.40. The first kappa shape index (κ1) is 21.2. The van der Waals surface area contributed by atoms with Crippen molar-refractivity contribution in [3.8, 4) is 11.5 Å². The van der Waals surface area contributed by atoms with E-state index < -0.39 is 5.60 Å². The normalized spacial score (nSPS) is 26.0. The average molecular weight is 412 g/mol. The molecule has 5 nitrogen and oxygen atoms in total. The molecule has 2 atom stereocenters. The van der Waals surface area contributed by atoms with Crippen LogP contribution >= 0.6 is 0 Å². The van der Waals surface area contributed by atoms with Crippen LogP contribution in [0.3, 0.4) is 0 Å². The van der Waals surface area contributed by atoms with E-state index in [-0.39, 0.29) is 0 Å². The van der Waals surface area contributed by atoms with Gasteiger partial charge in [0.25, 0.3) is 0 Å². The quantitative estimate of drug-likeness (QED) is 0.704. The van der Waals surface area contributed by atoms with Gasteiger partial charge in [0.05, 0.1) is 26.4 Å². The zero-order chi connectivity index (χ0) is 21.1. The van der Waals surface area contributed by atoms with Crippen LogP contribution in [0.1, 0.15) is 49.3 Å². The van der Waals surface area contributed by atoms with Crippen molar-refractivity contribution in [1.29, 1.82) is 0 Å². The molecule has 30 heavy (non-hydrogen) atoms. The number of ether oxygens (including phenoxy) is 3. The third kappa shape index (κ3) is 4.07. The number of aliphatic hydroxyl groups is 1. The molecule has 0 saturated carbocycles. The maximum Gasteiger partial charge on any atom is 0.124 e. The lowest BCUT2D eigenvalue weighted by atomic mass is 9.80. The number of benzene rings is 2. The van der Waals surface area contributed by atoms with Crippen LogP contribution in [0, 0.1) is 0 Å². The van der Waals surface area contributed by atoms with Crippen molar-refractivity contribution in [3.63, 3.8) is 0 Å². The Hall–Kier alpha value is -2.08. The summed E-state index contributed by atoms with van der Waals surface area (Å²) in [5.74, 6) is 1.66. The smallest absolute Gasteiger partial charge is 0.124 e. The summed E-state index contributed by atoms with van der Waals surface area (Å²) in [5.41, 5.74) is 2.46. The van der Waals surface area contributed by atoms with Crippen molar-refractivity contribution in [2.24, 2.45) is 0 Å². The van der Waals surface area contributed by atoms with Crippen LogP contribution in [-0.2, 0) is 23.5 Å². The minimum absolute atomic E-state index is 0.371. The molecular weight excluding hydrogens is 378 g/mol. The van der Waals surface area contributed by atoms with Gasteiger partial charge in [0.2, 0.25) is 0 Å². The van der Waals surface area contributed by atoms with Crippen LogP contribution in [0.5, 0.6) is 11.5 Å². The van der Waals surface area contributed by atoms with Crippen molar-refractivity contribution in [1.82, 2.24) is 4.90 Å². The second kappa shape index (κ2) is 8.96. The maximum absolute atomic E-state index is 11.6. The lowest BCUT2D eigenvalue weighted by Gasteiger charge is -2.44. The van der Waals surface area contributed by atoms with Gasteiger partial charge < -0.3 is 19.3 Å². The Morgan fingerprint density at radius 3 is 2.37 bits per heavy atom. The Morgan fingerprint density at radius 1 is 1.00 bits per heavy atom. The summed E-state index contributed by atoms with van der Waals surface area (Å²) in [7, 11) is 3.38. The number of rotatable bonds is 8. The van der Waals surface area contributed by atoms with E-state index in [1.165, 1.54) is 5.56 Å². The van der Waals surface area contributed by atoms with Gasteiger partial charge in [-0.3, -0.25) is 4.90 Å². The molecule has 162 valence electrons. The molecule has 0 aliphatic carbocycles. The van der Waals surface area contributed by atoms with Crippen molar-refractivity contribution in [2.45, 2.75) is 63.4 Å². The van der Waals surface area contributed by atoms with E-state index in [9.17, 15) is 5.11 Å². The summed E-state index contributed by atoms with van der Waals surface area (Å²) in [6.07, 6.45) is 3.74. The highest BCUT2D eigenvalue weighted by atomic mass is 16.5. The van der Waals surface area contributed by atoms with Gasteiger partial charge in [-0.25, -0.2) is 0 Å². The number of piperidine rings is 1. The molecule has 0 unspecified atom stereocenters. The topological polar surface area (TPSA) is 51.2 Å². The highest BCUT2D eigenvalue weighted by Crippen LogP contribution is 2.48. The fourth-order valence-corrected chi connectivity index (χ4v) is 5.29. The standard InChI is InChI=1S/C25H33NO4/c1-4-30-17-19-13-18(9-12-23(19)28-2)16-26-20-10-11-21(26)15-25(27,14-20)22-7-5-6-8-24(22)29-3/h5-9,12-13,20-21,27H,4,10-11,14-17H2,1-3H3/t20-,21-/m0/s1. The van der Waals surface area contributed by atoms with E-state index in [0.717, 1.165) is 54.9 Å². The second-order valence-corrected chi connectivity index (χ2v) is 8.48. The van der Waals surface area contributed by atoms with Crippen molar-refractivity contribution in [3.05, 3.63) is 59.2 Å². The zero-order valence-electron chi connectivity index (χ0n) is 18.3. The van der Waals surface area contributed by atoms with Crippen LogP contribution in [0.25, 0.3) is 0 Å². The minimum Gasteiger partial charge on any atom is -0.496 e. The second-order valence-electron chi connectivity index (χ2n) is 8.48. The van der Waals surface area contributed by atoms with Crippen LogP contribution in [0.4, 0.5) is 0 Å². The van der Waals surface area contributed by atoms with E-state index in [0.29, 0.717) is 25.3 Å². The fourth-order valence-electron chi connectivity index (χ4n) is 5.29. The first-order valence-electron chi connectivity index (χ1n) is 10.9. The summed E-state index contributed by atoms with van der Waals surface area (Å²) >= 11 is 0. The zero-order valence-corrected chi connectivity index (χ0v) is 18.3. The Morgan fingerprint density at radius 2 is 1.70 bits per heavy atom. The Labute approximate surface area is 179 Å². The first-order valence-corrected chi connectivity index (χ1v) is 10.9. The van der Waals surface area contributed by atoms with Gasteiger partial charge in [-0.2, -0.15) is 0 Å². The number of nitrogens with zero attached hydrogens (tertiary/aromatic N) is 1. The predicted molar refractivity (Wildman–Crippen MR) is 117 cm³/mol. The lowest BCUT2D eigenvalue weighted by Crippen LogP contribution is -2.49. The van der Waals surface area contributed by atoms with E-state index in [2.05, 4.69) is 17.0 Å². The molecule has 2 aromatic carbocycles. The molecule has 2 bridgehead atoms. The van der Waals surface area contributed by atoms with E-state index >= 15 is 0 Å². The molecule has 2 fully saturated rings. The number of fused-ring (bicyclic) bond motifs is 2. The molecular formula is C25H33NO4. The third-order valence-corrected chi connectivity index (χ3v) is 6.70. The Bertz CT molecular complexity index is 854. The largest absolute Gasteiger partial charge is 0.496 e. The molecule has 0 aromatic heterocycles. The summed E-state index contributed by atoms with van der Waals surface area (Å²) in [6, 6.07) is 15.0. The van der Waals surface area contributed by atoms with Gasteiger partial charge in [0, 0.05) is 36.4 Å². The molecule has 2 saturated heterocycles. The van der Waals surface area contributed by atoms with Crippen molar-refractivity contribution < 1.29 is 19.3 Å². The summed E-state index contributed by atoms with van der Waals surface area (Å²) in [4.78, 5) is 2.58. The number of para-hydroxylation sites is 1. The van der Waals surface area contributed by atoms with Crippen LogP contribution in [0.15, 0.2) is 42.5 Å². The molecule has 2 aliphatic heterocycles. The Balaban J connectivity index is 1.52. The molecule has 2 heterocycles. The molecule has 4 rings (SSSR count). The maximum atomic E-state index is 11.6. The molecule has 2 aliphatic rings. The molecule has 1 N–H and O–H groups in total. The number of methoxy groups -OCH3 is 2. The van der Waals surface area contributed by atoms with Crippen molar-refractivity contribution in [2.75, 3.05) is 20.8 Å². The minimum atomic E-state index is -0.824. The summed E-state index contributed by atoms with van der Waals surface area (Å²) < 4.78 is 16.7. The van der Waals surface area contributed by atoms with Gasteiger partial charge >= 0.3 is 0 Å². The molecule has 5 heteroatoms. The molecule has 0 amide bonds. The third-order valence-electron chi connectivity index (χ3n) is 6.70. The molecule has 0 spiro atoms. The van der Waals surface area contributed by atoms with Crippen LogP contribution < -0.4 is 9.47 Å². The van der Waals surface area contributed by atoms with E-state index in [1.54, 1.807) is 14.2 Å². The van der Waals surface area contributed by atoms with Crippen LogP contribution in [0.2, 0.25) is 0 Å². The van der Waals surface area contributed by atoms with Gasteiger partial charge in [0.1, 0.15) is 11.5 Å². The van der Waals surface area contributed by atoms with E-state index in [4.69, 9.17) is 14.2 Å². The van der Waals surface area contributed by atoms with Gasteiger partial charge in [-0.05, 0) is 56.4 Å².